The second-order valence-corrected chi connectivity index (χ2v) is 4.34. The summed E-state index contributed by atoms with van der Waals surface area (Å²) in [5.74, 6) is 0.847. The van der Waals surface area contributed by atoms with Crippen LogP contribution in [0.4, 0.5) is 0 Å². The third-order valence-electron chi connectivity index (χ3n) is 2.95. The number of nitrogen functional groups attached to an aromatic ring is 1. The van der Waals surface area contributed by atoms with Crippen molar-refractivity contribution in [3.05, 3.63) is 29.3 Å². The van der Waals surface area contributed by atoms with Gasteiger partial charge in [-0.25, -0.2) is 0 Å². The van der Waals surface area contributed by atoms with Gasteiger partial charge in [-0.3, -0.25) is 5.41 Å². The van der Waals surface area contributed by atoms with Crippen molar-refractivity contribution >= 4 is 5.84 Å². The molecule has 0 aromatic heterocycles. The summed E-state index contributed by atoms with van der Waals surface area (Å²) in [5, 5.41) is 7.40. The maximum Gasteiger partial charge on any atom is 0.123 e. The molecule has 17 heavy (non-hydrogen) atoms. The Balaban J connectivity index is 2.03. The molecule has 1 aliphatic heterocycles. The van der Waals surface area contributed by atoms with Crippen molar-refractivity contribution in [2.45, 2.75) is 25.9 Å². The van der Waals surface area contributed by atoms with Crippen LogP contribution in [0.15, 0.2) is 18.2 Å². The molecule has 1 unspecified atom stereocenters. The molecule has 1 heterocycles. The van der Waals surface area contributed by atoms with E-state index in [0.29, 0.717) is 12.2 Å². The van der Waals surface area contributed by atoms with Gasteiger partial charge < -0.3 is 15.2 Å². The van der Waals surface area contributed by atoms with Crippen LogP contribution in [0, 0.1) is 12.3 Å². The van der Waals surface area contributed by atoms with Crippen LogP contribution in [0.2, 0.25) is 0 Å². The van der Waals surface area contributed by atoms with Crippen LogP contribution < -0.4 is 10.5 Å². The quantitative estimate of drug-likeness (QED) is 0.617. The number of nitrogens with two attached hydrogens (primary N) is 1. The molecule has 1 fully saturated rings. The van der Waals surface area contributed by atoms with Crippen LogP contribution in [-0.2, 0) is 4.74 Å². The van der Waals surface area contributed by atoms with E-state index in [1.807, 2.05) is 25.1 Å². The van der Waals surface area contributed by atoms with E-state index < -0.39 is 0 Å². The molecule has 0 amide bonds. The fourth-order valence-electron chi connectivity index (χ4n) is 1.88. The number of aryl methyl sites for hydroxylation is 1. The van der Waals surface area contributed by atoms with Crippen molar-refractivity contribution in [3.8, 4) is 5.75 Å². The molecule has 2 rings (SSSR count). The molecule has 1 aromatic rings. The lowest BCUT2D eigenvalue weighted by molar-refractivity contribution is 0.0677. The van der Waals surface area contributed by atoms with Gasteiger partial charge in [-0.2, -0.15) is 0 Å². The van der Waals surface area contributed by atoms with E-state index >= 15 is 0 Å². The predicted molar refractivity (Wildman–Crippen MR) is 66.7 cm³/mol. The predicted octanol–water partition coefficient (Wildman–Crippen LogP) is 1.84. The second-order valence-electron chi connectivity index (χ2n) is 4.34. The highest BCUT2D eigenvalue weighted by molar-refractivity contribution is 5.95. The van der Waals surface area contributed by atoms with Crippen molar-refractivity contribution in [2.75, 3.05) is 13.2 Å². The van der Waals surface area contributed by atoms with Crippen molar-refractivity contribution in [1.82, 2.24) is 0 Å². The smallest absolute Gasteiger partial charge is 0.123 e. The highest BCUT2D eigenvalue weighted by Gasteiger charge is 2.16. The minimum Gasteiger partial charge on any atom is -0.491 e. The summed E-state index contributed by atoms with van der Waals surface area (Å²) in [6.07, 6.45) is 2.38. The first kappa shape index (κ1) is 11.9. The highest BCUT2D eigenvalue weighted by Crippen LogP contribution is 2.21. The van der Waals surface area contributed by atoms with Gasteiger partial charge in [0, 0.05) is 12.2 Å². The van der Waals surface area contributed by atoms with Gasteiger partial charge in [0.25, 0.3) is 0 Å². The molecule has 0 bridgehead atoms. The number of ether oxygens (including phenoxy) is 2. The molecule has 1 saturated heterocycles. The molecule has 92 valence electrons. The maximum atomic E-state index is 7.40. The van der Waals surface area contributed by atoms with Crippen molar-refractivity contribution in [1.29, 1.82) is 5.41 Å². The van der Waals surface area contributed by atoms with E-state index in [4.69, 9.17) is 20.6 Å². The van der Waals surface area contributed by atoms with Crippen LogP contribution >= 0.6 is 0 Å². The molecule has 4 heteroatoms. The minimum atomic E-state index is 0.0620. The summed E-state index contributed by atoms with van der Waals surface area (Å²) in [6, 6.07) is 5.56. The van der Waals surface area contributed by atoms with Gasteiger partial charge in [0.05, 0.1) is 6.10 Å². The van der Waals surface area contributed by atoms with Gasteiger partial charge in [-0.05, 0) is 31.4 Å². The van der Waals surface area contributed by atoms with E-state index in [-0.39, 0.29) is 11.9 Å². The third kappa shape index (κ3) is 2.97. The largest absolute Gasteiger partial charge is 0.491 e. The van der Waals surface area contributed by atoms with Gasteiger partial charge in [0.1, 0.15) is 18.2 Å². The standard InChI is InChI=1S/C13H18N2O2/c1-9-4-5-10(13(14)15)7-12(9)17-8-11-3-2-6-16-11/h4-5,7,11H,2-3,6,8H2,1H3,(H3,14,15). The first-order valence-electron chi connectivity index (χ1n) is 5.86. The Morgan fingerprint density at radius 2 is 2.41 bits per heavy atom. The summed E-state index contributed by atoms with van der Waals surface area (Å²) < 4.78 is 11.2. The average Bonchev–Trinajstić information content (AvgIpc) is 2.80. The molecule has 0 radical (unpaired) electrons. The molecule has 1 atom stereocenters. The van der Waals surface area contributed by atoms with Crippen molar-refractivity contribution in [3.63, 3.8) is 0 Å². The van der Waals surface area contributed by atoms with Crippen LogP contribution in [0.1, 0.15) is 24.0 Å². The van der Waals surface area contributed by atoms with Crippen LogP contribution in [0.5, 0.6) is 5.75 Å². The zero-order chi connectivity index (χ0) is 12.3. The molecule has 1 aliphatic rings. The molecule has 0 saturated carbocycles. The Hall–Kier alpha value is -1.55. The lowest BCUT2D eigenvalue weighted by Gasteiger charge is -2.14. The number of nitrogens with one attached hydrogen (secondary N) is 1. The zero-order valence-corrected chi connectivity index (χ0v) is 10.0. The van der Waals surface area contributed by atoms with E-state index in [0.717, 1.165) is 30.8 Å². The summed E-state index contributed by atoms with van der Waals surface area (Å²) in [4.78, 5) is 0. The van der Waals surface area contributed by atoms with Crippen LogP contribution in [0.3, 0.4) is 0 Å². The molecular weight excluding hydrogens is 216 g/mol. The van der Waals surface area contributed by atoms with E-state index in [1.54, 1.807) is 0 Å². The van der Waals surface area contributed by atoms with Gasteiger partial charge in [0.15, 0.2) is 0 Å². The van der Waals surface area contributed by atoms with E-state index in [9.17, 15) is 0 Å². The SMILES string of the molecule is Cc1ccc(C(=N)N)cc1OCC1CCCO1. The fourth-order valence-corrected chi connectivity index (χ4v) is 1.88. The molecule has 3 N–H and O–H groups in total. The van der Waals surface area contributed by atoms with E-state index in [1.165, 1.54) is 0 Å². The lowest BCUT2D eigenvalue weighted by Crippen LogP contribution is -2.17. The van der Waals surface area contributed by atoms with Gasteiger partial charge in [-0.1, -0.05) is 12.1 Å². The Bertz CT molecular complexity index is 412. The monoisotopic (exact) mass is 234 g/mol. The lowest BCUT2D eigenvalue weighted by atomic mass is 10.1. The van der Waals surface area contributed by atoms with Crippen LogP contribution in [0.25, 0.3) is 0 Å². The summed E-state index contributed by atoms with van der Waals surface area (Å²) >= 11 is 0. The van der Waals surface area contributed by atoms with E-state index in [2.05, 4.69) is 0 Å². The Kier molecular flexibility index (Phi) is 3.64. The minimum absolute atomic E-state index is 0.0620. The topological polar surface area (TPSA) is 68.3 Å². The number of rotatable bonds is 4. The molecular formula is C13H18N2O2. The van der Waals surface area contributed by atoms with Crippen LogP contribution in [-0.4, -0.2) is 25.2 Å². The summed E-state index contributed by atoms with van der Waals surface area (Å²) in [6.45, 7) is 3.39. The Morgan fingerprint density at radius 3 is 3.06 bits per heavy atom. The zero-order valence-electron chi connectivity index (χ0n) is 10.0. The summed E-state index contributed by atoms with van der Waals surface area (Å²) in [5.41, 5.74) is 7.20. The first-order chi connectivity index (χ1) is 8.16. The fraction of sp³-hybridized carbons (Fsp3) is 0.462. The van der Waals surface area contributed by atoms with Crippen molar-refractivity contribution in [2.24, 2.45) is 5.73 Å². The normalized spacial score (nSPS) is 19.2. The second kappa shape index (κ2) is 5.19. The third-order valence-corrected chi connectivity index (χ3v) is 2.95. The molecule has 0 spiro atoms. The van der Waals surface area contributed by atoms with Crippen molar-refractivity contribution < 1.29 is 9.47 Å². The van der Waals surface area contributed by atoms with Gasteiger partial charge in [0.2, 0.25) is 0 Å². The Labute approximate surface area is 101 Å². The molecule has 4 nitrogen and oxygen atoms in total. The number of hydrogen-bond donors (Lipinski definition) is 2. The first-order valence-corrected chi connectivity index (χ1v) is 5.86. The summed E-state index contributed by atoms with van der Waals surface area (Å²) in [7, 11) is 0. The number of amidine groups is 1. The average molecular weight is 234 g/mol. The van der Waals surface area contributed by atoms with Gasteiger partial charge >= 0.3 is 0 Å². The van der Waals surface area contributed by atoms with Gasteiger partial charge in [-0.15, -0.1) is 0 Å². The molecule has 0 aliphatic carbocycles. The molecule has 1 aromatic carbocycles. The Morgan fingerprint density at radius 1 is 1.59 bits per heavy atom. The number of benzene rings is 1. The number of hydrogen-bond acceptors (Lipinski definition) is 3. The highest BCUT2D eigenvalue weighted by atomic mass is 16.5. The maximum absolute atomic E-state index is 7.40.